The van der Waals surface area contributed by atoms with Crippen LogP contribution in [0.3, 0.4) is 0 Å². The van der Waals surface area contributed by atoms with Crippen molar-refractivity contribution in [3.63, 3.8) is 0 Å². The molecule has 1 aliphatic carbocycles. The predicted octanol–water partition coefficient (Wildman–Crippen LogP) is 9.30. The Labute approximate surface area is 216 Å². The first kappa shape index (κ1) is 23.9. The first-order valence-corrected chi connectivity index (χ1v) is 13.8. The molecule has 184 valence electrons. The Morgan fingerprint density at radius 3 is 1.28 bits per heavy atom. The molecule has 0 saturated heterocycles. The van der Waals surface area contributed by atoms with Gasteiger partial charge in [-0.25, -0.2) is 17.6 Å². The molecule has 2 aliphatic heterocycles. The van der Waals surface area contributed by atoms with Crippen molar-refractivity contribution in [2.75, 3.05) is 0 Å². The van der Waals surface area contributed by atoms with Gasteiger partial charge in [-0.1, -0.05) is 86.7 Å². The highest BCUT2D eigenvalue weighted by Crippen LogP contribution is 2.75. The molecule has 6 heteroatoms. The Morgan fingerprint density at radius 2 is 0.944 bits per heavy atom. The number of allylic oxidation sites excluding steroid dienone is 2. The number of rotatable bonds is 4. The summed E-state index contributed by atoms with van der Waals surface area (Å²) in [6, 6.07) is 19.6. The van der Waals surface area contributed by atoms with Gasteiger partial charge in [0.15, 0.2) is 23.3 Å². The van der Waals surface area contributed by atoms with Crippen molar-refractivity contribution in [2.24, 2.45) is 0 Å². The van der Waals surface area contributed by atoms with Crippen molar-refractivity contribution in [3.05, 3.63) is 118 Å². The zero-order valence-corrected chi connectivity index (χ0v) is 21.5. The molecular weight excluding hydrogens is 500 g/mol. The second-order valence-electron chi connectivity index (χ2n) is 9.52. The van der Waals surface area contributed by atoms with Crippen LogP contribution in [0.15, 0.2) is 72.8 Å². The Balaban J connectivity index is 1.66. The third kappa shape index (κ3) is 3.03. The van der Waals surface area contributed by atoms with Crippen LogP contribution in [0.4, 0.5) is 17.6 Å². The highest BCUT2D eigenvalue weighted by Gasteiger charge is 2.67. The molecule has 36 heavy (non-hydrogen) atoms. The number of benzene rings is 3. The molecule has 0 N–H and O–H groups in total. The Hall–Kier alpha value is -2.44. The predicted molar refractivity (Wildman–Crippen MR) is 142 cm³/mol. The van der Waals surface area contributed by atoms with Crippen LogP contribution in [-0.2, 0) is 0 Å². The molecule has 0 amide bonds. The Morgan fingerprint density at radius 1 is 0.583 bits per heavy atom. The van der Waals surface area contributed by atoms with Crippen LogP contribution in [0.1, 0.15) is 60.8 Å². The van der Waals surface area contributed by atoms with Crippen LogP contribution in [0, 0.1) is 23.3 Å². The second-order valence-corrected chi connectivity index (χ2v) is 12.3. The monoisotopic (exact) mass is 524 g/mol. The van der Waals surface area contributed by atoms with E-state index in [1.54, 1.807) is 23.5 Å². The second kappa shape index (κ2) is 8.56. The third-order valence-electron chi connectivity index (χ3n) is 8.07. The van der Waals surface area contributed by atoms with E-state index in [1.165, 1.54) is 0 Å². The van der Waals surface area contributed by atoms with Crippen molar-refractivity contribution in [2.45, 2.75) is 48.0 Å². The normalized spacial score (nSPS) is 28.3. The van der Waals surface area contributed by atoms with E-state index in [0.717, 1.165) is 20.9 Å². The van der Waals surface area contributed by atoms with Crippen LogP contribution in [0.25, 0.3) is 9.81 Å². The molecule has 0 nitrogen and oxygen atoms in total. The van der Waals surface area contributed by atoms with Crippen LogP contribution in [-0.4, -0.2) is 9.49 Å². The number of hydrogen-bond donors (Lipinski definition) is 0. The van der Waals surface area contributed by atoms with Gasteiger partial charge in [0.2, 0.25) is 0 Å². The highest BCUT2D eigenvalue weighted by molar-refractivity contribution is 8.13. The quantitative estimate of drug-likeness (QED) is 0.189. The van der Waals surface area contributed by atoms with Gasteiger partial charge < -0.3 is 0 Å². The molecule has 3 aliphatic rings. The molecule has 0 bridgehead atoms. The summed E-state index contributed by atoms with van der Waals surface area (Å²) in [4.78, 5) is 1.92. The first-order valence-electron chi connectivity index (χ1n) is 12.2. The SMILES string of the molecule is CCC12SC(c3ccccc3)=CC1c1c(F)c(F)c(F)c(F)c1C1C=C(c3ccccc3)SC12CC. The van der Waals surface area contributed by atoms with Crippen molar-refractivity contribution in [1.29, 1.82) is 0 Å². The largest absolute Gasteiger partial charge is 0.203 e. The fourth-order valence-corrected chi connectivity index (χ4v) is 10.2. The van der Waals surface area contributed by atoms with Crippen LogP contribution in [0.5, 0.6) is 0 Å². The van der Waals surface area contributed by atoms with Gasteiger partial charge in [-0.2, -0.15) is 0 Å². The van der Waals surface area contributed by atoms with E-state index in [2.05, 4.69) is 13.8 Å². The van der Waals surface area contributed by atoms with Gasteiger partial charge in [0, 0.05) is 42.3 Å². The van der Waals surface area contributed by atoms with Gasteiger partial charge in [0.05, 0.1) is 0 Å². The Kier molecular flexibility index (Phi) is 5.69. The summed E-state index contributed by atoms with van der Waals surface area (Å²) in [5.74, 6) is -7.21. The molecule has 3 aromatic carbocycles. The third-order valence-corrected chi connectivity index (χ3v) is 11.9. The zero-order valence-electron chi connectivity index (χ0n) is 19.8. The summed E-state index contributed by atoms with van der Waals surface area (Å²) < 4.78 is 59.6. The van der Waals surface area contributed by atoms with Crippen LogP contribution >= 0.6 is 23.5 Å². The van der Waals surface area contributed by atoms with Crippen molar-refractivity contribution in [1.82, 2.24) is 0 Å². The molecule has 2 heterocycles. The van der Waals surface area contributed by atoms with E-state index < -0.39 is 44.6 Å². The lowest BCUT2D eigenvalue weighted by Gasteiger charge is -2.55. The molecular formula is C30H24F4S2. The number of halogens is 4. The average Bonchev–Trinajstić information content (AvgIpc) is 3.52. The van der Waals surface area contributed by atoms with E-state index >= 15 is 8.78 Å². The maximum Gasteiger partial charge on any atom is 0.197 e. The average molecular weight is 525 g/mol. The number of thioether (sulfide) groups is 2. The lowest BCUT2D eigenvalue weighted by molar-refractivity contribution is 0.302. The summed E-state index contributed by atoms with van der Waals surface area (Å²) in [6.45, 7) is 4.13. The molecule has 0 radical (unpaired) electrons. The smallest absolute Gasteiger partial charge is 0.197 e. The zero-order chi connectivity index (χ0) is 25.2. The molecule has 3 aromatic rings. The van der Waals surface area contributed by atoms with E-state index in [9.17, 15) is 8.78 Å². The lowest BCUT2D eigenvalue weighted by Crippen LogP contribution is -2.56. The van der Waals surface area contributed by atoms with Crippen molar-refractivity contribution >= 4 is 33.3 Å². The van der Waals surface area contributed by atoms with Crippen LogP contribution < -0.4 is 0 Å². The maximum atomic E-state index is 15.7. The van der Waals surface area contributed by atoms with Crippen molar-refractivity contribution in [3.8, 4) is 0 Å². The van der Waals surface area contributed by atoms with E-state index in [0.29, 0.717) is 12.8 Å². The number of hydrogen-bond acceptors (Lipinski definition) is 2. The molecule has 4 atom stereocenters. The molecule has 4 unspecified atom stereocenters. The highest BCUT2D eigenvalue weighted by atomic mass is 32.2. The summed E-state index contributed by atoms with van der Waals surface area (Å²) in [5, 5.41) is 0. The van der Waals surface area contributed by atoms with E-state index in [4.69, 9.17) is 0 Å². The molecule has 0 fully saturated rings. The van der Waals surface area contributed by atoms with Gasteiger partial charge >= 0.3 is 0 Å². The summed E-state index contributed by atoms with van der Waals surface area (Å²) in [6.07, 6.45) is 5.22. The van der Waals surface area contributed by atoms with Gasteiger partial charge in [0.25, 0.3) is 0 Å². The molecule has 6 rings (SSSR count). The minimum Gasteiger partial charge on any atom is -0.203 e. The minimum atomic E-state index is -1.73. The van der Waals surface area contributed by atoms with Gasteiger partial charge in [-0.05, 0) is 24.0 Å². The van der Waals surface area contributed by atoms with E-state index in [-0.39, 0.29) is 11.1 Å². The summed E-state index contributed by atoms with van der Waals surface area (Å²) in [5.41, 5.74) is 1.90. The fraction of sp³-hybridized carbons (Fsp3) is 0.267. The van der Waals surface area contributed by atoms with Crippen molar-refractivity contribution < 1.29 is 17.6 Å². The van der Waals surface area contributed by atoms with Crippen LogP contribution in [0.2, 0.25) is 0 Å². The topological polar surface area (TPSA) is 0 Å². The summed E-state index contributed by atoms with van der Waals surface area (Å²) >= 11 is 3.36. The minimum absolute atomic E-state index is 0.0353. The van der Waals surface area contributed by atoms with E-state index in [1.807, 2.05) is 72.8 Å². The lowest BCUT2D eigenvalue weighted by atomic mass is 9.60. The number of fused-ring (bicyclic) bond motifs is 6. The van der Waals surface area contributed by atoms with Gasteiger partial charge in [0.1, 0.15) is 0 Å². The Bertz CT molecular complexity index is 1310. The summed E-state index contributed by atoms with van der Waals surface area (Å²) in [7, 11) is 0. The standard InChI is InChI=1S/C30H24F4S2/c1-3-29-19(15-21(35-29)17-11-7-5-8-12-17)23-24(26(32)28(34)27(33)25(23)31)20-16-22(36-30(20,29)4-2)18-13-9-6-10-14-18/h5-16,19-20H,3-4H2,1-2H3. The molecule has 0 aromatic heterocycles. The maximum absolute atomic E-state index is 15.7. The van der Waals surface area contributed by atoms with Gasteiger partial charge in [-0.15, -0.1) is 23.5 Å². The molecule has 0 saturated carbocycles. The van der Waals surface area contributed by atoms with Gasteiger partial charge in [-0.3, -0.25) is 0 Å². The fourth-order valence-electron chi connectivity index (χ4n) is 6.46. The first-order chi connectivity index (χ1) is 17.4. The molecule has 0 spiro atoms.